The molecule has 0 nitrogen and oxygen atoms in total. The third kappa shape index (κ3) is 5.36. The Hall–Kier alpha value is -0.780. The van der Waals surface area contributed by atoms with E-state index in [1.807, 2.05) is 19.9 Å². The van der Waals surface area contributed by atoms with Gasteiger partial charge in [0, 0.05) is 0 Å². The fraction of sp³-hybridized carbons (Fsp3) is 0.400. The maximum absolute atomic E-state index is 3.84. The molecule has 0 aromatic carbocycles. The van der Waals surface area contributed by atoms with E-state index in [-0.39, 0.29) is 0 Å². The average molecular weight is 136 g/mol. The predicted molar refractivity (Wildman–Crippen MR) is 48.0 cm³/mol. The van der Waals surface area contributed by atoms with Gasteiger partial charge in [-0.25, -0.2) is 0 Å². The molecule has 0 aliphatic carbocycles. The molecule has 0 rings (SSSR count). The highest BCUT2D eigenvalue weighted by molar-refractivity contribution is 5.15. The van der Waals surface area contributed by atoms with Gasteiger partial charge < -0.3 is 0 Å². The lowest BCUT2D eigenvalue weighted by Gasteiger charge is -1.96. The lowest BCUT2D eigenvalue weighted by Crippen LogP contribution is -1.75. The molecule has 0 heteroatoms. The van der Waals surface area contributed by atoms with Crippen molar-refractivity contribution in [2.45, 2.75) is 27.2 Å². The minimum atomic E-state index is 1.02. The minimum absolute atomic E-state index is 1.02. The molecule has 0 heterocycles. The van der Waals surface area contributed by atoms with Crippen LogP contribution >= 0.6 is 0 Å². The van der Waals surface area contributed by atoms with Crippen molar-refractivity contribution in [3.63, 3.8) is 0 Å². The zero-order chi connectivity index (χ0) is 7.98. The van der Waals surface area contributed by atoms with Crippen LogP contribution in [0.3, 0.4) is 0 Å². The van der Waals surface area contributed by atoms with E-state index in [0.29, 0.717) is 0 Å². The minimum Gasteiger partial charge on any atom is -0.0998 e. The third-order valence-electron chi connectivity index (χ3n) is 1.15. The SMILES string of the molecule is C=C(C)C/C(C)=C/C=C\C. The Kier molecular flexibility index (Phi) is 4.65. The van der Waals surface area contributed by atoms with Gasteiger partial charge in [0.2, 0.25) is 0 Å². The Morgan fingerprint density at radius 2 is 2.00 bits per heavy atom. The molecular weight excluding hydrogens is 120 g/mol. The van der Waals surface area contributed by atoms with Gasteiger partial charge in [-0.3, -0.25) is 0 Å². The first-order valence-corrected chi connectivity index (χ1v) is 3.59. The van der Waals surface area contributed by atoms with E-state index >= 15 is 0 Å². The Balaban J connectivity index is 3.82. The Morgan fingerprint density at radius 1 is 1.40 bits per heavy atom. The fourth-order valence-corrected chi connectivity index (χ4v) is 0.795. The summed E-state index contributed by atoms with van der Waals surface area (Å²) in [5, 5.41) is 0. The van der Waals surface area contributed by atoms with Crippen LogP contribution in [0.25, 0.3) is 0 Å². The molecule has 0 N–H and O–H groups in total. The lowest BCUT2D eigenvalue weighted by atomic mass is 10.1. The van der Waals surface area contributed by atoms with Gasteiger partial charge in [0.15, 0.2) is 0 Å². The first kappa shape index (κ1) is 9.22. The van der Waals surface area contributed by atoms with Crippen molar-refractivity contribution in [3.05, 3.63) is 36.0 Å². The van der Waals surface area contributed by atoms with E-state index in [0.717, 1.165) is 6.42 Å². The first-order chi connectivity index (χ1) is 4.66. The quantitative estimate of drug-likeness (QED) is 0.411. The summed E-state index contributed by atoms with van der Waals surface area (Å²) in [7, 11) is 0. The summed E-state index contributed by atoms with van der Waals surface area (Å²) in [5.74, 6) is 0. The molecule has 0 atom stereocenters. The van der Waals surface area contributed by atoms with E-state index in [4.69, 9.17) is 0 Å². The molecule has 0 aliphatic heterocycles. The maximum Gasteiger partial charge on any atom is -0.0114 e. The molecular formula is C10H16. The van der Waals surface area contributed by atoms with E-state index in [1.54, 1.807) is 0 Å². The van der Waals surface area contributed by atoms with Crippen molar-refractivity contribution in [2.75, 3.05) is 0 Å². The van der Waals surface area contributed by atoms with Crippen LogP contribution in [-0.4, -0.2) is 0 Å². The number of allylic oxidation sites excluding steroid dienone is 5. The van der Waals surface area contributed by atoms with Gasteiger partial charge in [0.05, 0.1) is 0 Å². The summed E-state index contributed by atoms with van der Waals surface area (Å²) in [5.41, 5.74) is 2.59. The lowest BCUT2D eigenvalue weighted by molar-refractivity contribution is 1.12. The first-order valence-electron chi connectivity index (χ1n) is 3.59. The van der Waals surface area contributed by atoms with Gasteiger partial charge in [-0.15, -0.1) is 0 Å². The molecule has 0 radical (unpaired) electrons. The molecule has 0 saturated heterocycles. The second-order valence-electron chi connectivity index (χ2n) is 2.67. The molecule has 0 aromatic rings. The molecule has 0 fully saturated rings. The largest absolute Gasteiger partial charge is 0.0998 e. The van der Waals surface area contributed by atoms with E-state index in [2.05, 4.69) is 25.7 Å². The smallest absolute Gasteiger partial charge is 0.0114 e. The molecule has 0 bridgehead atoms. The standard InChI is InChI=1S/C10H16/c1-5-6-7-10(4)8-9(2)3/h5-7H,2,8H2,1,3-4H3/b6-5-,10-7+. The third-order valence-corrected chi connectivity index (χ3v) is 1.15. The normalized spacial score (nSPS) is 12.5. The van der Waals surface area contributed by atoms with Crippen LogP contribution in [0.2, 0.25) is 0 Å². The van der Waals surface area contributed by atoms with Crippen molar-refractivity contribution in [2.24, 2.45) is 0 Å². The summed E-state index contributed by atoms with van der Waals surface area (Å²) in [6, 6.07) is 0. The Morgan fingerprint density at radius 3 is 2.40 bits per heavy atom. The van der Waals surface area contributed by atoms with Gasteiger partial charge in [-0.2, -0.15) is 0 Å². The molecule has 10 heavy (non-hydrogen) atoms. The molecule has 0 unspecified atom stereocenters. The highest BCUT2D eigenvalue weighted by Gasteiger charge is 1.86. The zero-order valence-electron chi connectivity index (χ0n) is 7.15. The summed E-state index contributed by atoms with van der Waals surface area (Å²) >= 11 is 0. The number of rotatable bonds is 3. The maximum atomic E-state index is 3.84. The van der Waals surface area contributed by atoms with Crippen molar-refractivity contribution >= 4 is 0 Å². The molecule has 0 spiro atoms. The Bertz CT molecular complexity index is 159. The fourth-order valence-electron chi connectivity index (χ4n) is 0.795. The zero-order valence-corrected chi connectivity index (χ0v) is 7.15. The number of hydrogen-bond donors (Lipinski definition) is 0. The highest BCUT2D eigenvalue weighted by Crippen LogP contribution is 2.06. The van der Waals surface area contributed by atoms with Crippen LogP contribution in [0.5, 0.6) is 0 Å². The molecule has 0 amide bonds. The van der Waals surface area contributed by atoms with E-state index in [9.17, 15) is 0 Å². The van der Waals surface area contributed by atoms with Crippen LogP contribution < -0.4 is 0 Å². The average Bonchev–Trinajstić information content (AvgIpc) is 1.82. The van der Waals surface area contributed by atoms with Gasteiger partial charge in [0.25, 0.3) is 0 Å². The van der Waals surface area contributed by atoms with Crippen molar-refractivity contribution in [3.8, 4) is 0 Å². The molecule has 0 aromatic heterocycles. The van der Waals surface area contributed by atoms with Crippen LogP contribution in [-0.2, 0) is 0 Å². The number of hydrogen-bond acceptors (Lipinski definition) is 0. The van der Waals surface area contributed by atoms with Crippen LogP contribution in [0.1, 0.15) is 27.2 Å². The van der Waals surface area contributed by atoms with Crippen molar-refractivity contribution < 1.29 is 0 Å². The summed E-state index contributed by atoms with van der Waals surface area (Å²) in [4.78, 5) is 0. The topological polar surface area (TPSA) is 0 Å². The summed E-state index contributed by atoms with van der Waals surface area (Å²) < 4.78 is 0. The van der Waals surface area contributed by atoms with Gasteiger partial charge in [-0.05, 0) is 27.2 Å². The second kappa shape index (κ2) is 5.04. The van der Waals surface area contributed by atoms with Crippen LogP contribution in [0, 0.1) is 0 Å². The molecule has 0 saturated carbocycles. The van der Waals surface area contributed by atoms with E-state index < -0.39 is 0 Å². The monoisotopic (exact) mass is 136 g/mol. The van der Waals surface area contributed by atoms with E-state index in [1.165, 1.54) is 11.1 Å². The summed E-state index contributed by atoms with van der Waals surface area (Å²) in [6.07, 6.45) is 7.22. The highest BCUT2D eigenvalue weighted by atomic mass is 13.9. The Labute approximate surface area is 64.0 Å². The van der Waals surface area contributed by atoms with Crippen molar-refractivity contribution in [1.29, 1.82) is 0 Å². The van der Waals surface area contributed by atoms with Crippen LogP contribution in [0.4, 0.5) is 0 Å². The molecule has 0 aliphatic rings. The van der Waals surface area contributed by atoms with Crippen LogP contribution in [0.15, 0.2) is 36.0 Å². The second-order valence-corrected chi connectivity index (χ2v) is 2.67. The predicted octanol–water partition coefficient (Wildman–Crippen LogP) is 3.48. The molecule has 56 valence electrons. The summed E-state index contributed by atoms with van der Waals surface area (Å²) in [6.45, 7) is 10.0. The van der Waals surface area contributed by atoms with Gasteiger partial charge in [-0.1, -0.05) is 36.0 Å². The van der Waals surface area contributed by atoms with Crippen molar-refractivity contribution in [1.82, 2.24) is 0 Å². The van der Waals surface area contributed by atoms with Gasteiger partial charge in [0.1, 0.15) is 0 Å². The van der Waals surface area contributed by atoms with Gasteiger partial charge >= 0.3 is 0 Å².